The first-order valence-corrected chi connectivity index (χ1v) is 9.35. The van der Waals surface area contributed by atoms with Crippen LogP contribution in [0.4, 0.5) is 0 Å². The number of nitrogens with zero attached hydrogens (tertiary/aromatic N) is 6. The van der Waals surface area contributed by atoms with Gasteiger partial charge >= 0.3 is 0 Å². The average molecular weight is 364 g/mol. The molecule has 0 aliphatic carbocycles. The summed E-state index contributed by atoms with van der Waals surface area (Å²) in [4.78, 5) is 15.1. The topological polar surface area (TPSA) is 68.8 Å². The summed E-state index contributed by atoms with van der Waals surface area (Å²) in [5.74, 6) is 1.56. The van der Waals surface area contributed by atoms with Gasteiger partial charge in [-0.25, -0.2) is 0 Å². The first kappa shape index (κ1) is 17.5. The van der Waals surface area contributed by atoms with Crippen molar-refractivity contribution in [3.63, 3.8) is 0 Å². The van der Waals surface area contributed by atoms with Crippen molar-refractivity contribution in [2.45, 2.75) is 31.7 Å². The number of piperidine rings is 1. The van der Waals surface area contributed by atoms with Crippen molar-refractivity contribution in [2.75, 3.05) is 6.54 Å². The predicted molar refractivity (Wildman–Crippen MR) is 102 cm³/mol. The van der Waals surface area contributed by atoms with E-state index < -0.39 is 0 Å². The molecule has 3 aromatic rings. The van der Waals surface area contributed by atoms with Crippen LogP contribution in [0.25, 0.3) is 11.4 Å². The number of amides is 1. The minimum Gasteiger partial charge on any atom is -0.335 e. The number of likely N-dealkylation sites (tertiary alicyclic amines) is 1. The summed E-state index contributed by atoms with van der Waals surface area (Å²) in [6, 6.07) is 10.0. The van der Waals surface area contributed by atoms with E-state index in [9.17, 15) is 4.79 Å². The Morgan fingerprint density at radius 1 is 1.15 bits per heavy atom. The highest BCUT2D eigenvalue weighted by molar-refractivity contribution is 5.78. The Bertz CT molecular complexity index is 929. The summed E-state index contributed by atoms with van der Waals surface area (Å²) < 4.78 is 3.71. The smallest absolute Gasteiger partial charge is 0.230 e. The van der Waals surface area contributed by atoms with E-state index in [4.69, 9.17) is 0 Å². The molecular formula is C20H24N6O. The molecule has 27 heavy (non-hydrogen) atoms. The lowest BCUT2D eigenvalue weighted by atomic mass is 9.97. The molecule has 0 spiro atoms. The molecular weight excluding hydrogens is 340 g/mol. The van der Waals surface area contributed by atoms with Crippen molar-refractivity contribution >= 4 is 5.91 Å². The van der Waals surface area contributed by atoms with Crippen molar-refractivity contribution in [3.05, 3.63) is 54.1 Å². The number of carbonyl (C=O) groups excluding carboxylic acids is 1. The molecule has 4 rings (SSSR count). The van der Waals surface area contributed by atoms with Crippen LogP contribution in [0, 0.1) is 0 Å². The molecule has 0 bridgehead atoms. The Morgan fingerprint density at radius 2 is 1.96 bits per heavy atom. The van der Waals surface area contributed by atoms with Crippen LogP contribution < -0.4 is 0 Å². The molecule has 140 valence electrons. The minimum absolute atomic E-state index is 0.0960. The molecule has 0 radical (unpaired) electrons. The van der Waals surface area contributed by atoms with Gasteiger partial charge in [0.2, 0.25) is 5.91 Å². The van der Waals surface area contributed by atoms with Crippen LogP contribution in [0.2, 0.25) is 0 Å². The van der Waals surface area contributed by atoms with Crippen LogP contribution in [-0.2, 0) is 25.3 Å². The molecule has 7 nitrogen and oxygen atoms in total. The first-order valence-electron chi connectivity index (χ1n) is 9.35. The Kier molecular flexibility index (Phi) is 4.75. The highest BCUT2D eigenvalue weighted by Crippen LogP contribution is 2.31. The molecule has 1 amide bonds. The van der Waals surface area contributed by atoms with Crippen molar-refractivity contribution in [1.82, 2.24) is 29.4 Å². The SMILES string of the molecule is Cn1cc(C2CCCCN2C(=O)Cc2nnc(-c3ccccc3)n2C)cn1. The molecule has 1 fully saturated rings. The molecule has 3 heterocycles. The van der Waals surface area contributed by atoms with Gasteiger partial charge in [-0.15, -0.1) is 10.2 Å². The number of hydrogen-bond acceptors (Lipinski definition) is 4. The Hall–Kier alpha value is -2.96. The van der Waals surface area contributed by atoms with Crippen LogP contribution in [0.1, 0.15) is 36.7 Å². The zero-order chi connectivity index (χ0) is 18.8. The zero-order valence-corrected chi connectivity index (χ0v) is 15.7. The molecule has 0 N–H and O–H groups in total. The molecule has 2 aromatic heterocycles. The van der Waals surface area contributed by atoms with Gasteiger partial charge in [-0.1, -0.05) is 30.3 Å². The quantitative estimate of drug-likeness (QED) is 0.713. The van der Waals surface area contributed by atoms with Gasteiger partial charge in [-0.2, -0.15) is 5.10 Å². The first-order chi connectivity index (χ1) is 13.1. The third kappa shape index (κ3) is 3.49. The summed E-state index contributed by atoms with van der Waals surface area (Å²) in [5.41, 5.74) is 2.10. The Morgan fingerprint density at radius 3 is 2.70 bits per heavy atom. The normalized spacial score (nSPS) is 17.3. The van der Waals surface area contributed by atoms with Crippen LogP contribution in [0.3, 0.4) is 0 Å². The number of carbonyl (C=O) groups is 1. The number of benzene rings is 1. The highest BCUT2D eigenvalue weighted by atomic mass is 16.2. The standard InChI is InChI=1S/C20H24N6O/c1-24-14-16(13-21-24)17-10-6-7-11-26(17)19(27)12-18-22-23-20(25(18)2)15-8-4-3-5-9-15/h3-5,8-9,13-14,17H,6-7,10-12H2,1-2H3. The highest BCUT2D eigenvalue weighted by Gasteiger charge is 2.29. The summed E-state index contributed by atoms with van der Waals surface area (Å²) in [6.07, 6.45) is 7.28. The van der Waals surface area contributed by atoms with Crippen molar-refractivity contribution < 1.29 is 4.79 Å². The molecule has 7 heteroatoms. The molecule has 0 saturated carbocycles. The van der Waals surface area contributed by atoms with Gasteiger partial charge in [0.05, 0.1) is 18.7 Å². The maximum atomic E-state index is 13.1. The van der Waals surface area contributed by atoms with E-state index in [0.29, 0.717) is 5.82 Å². The summed E-state index contributed by atoms with van der Waals surface area (Å²) >= 11 is 0. The second-order valence-electron chi connectivity index (χ2n) is 7.09. The lowest BCUT2D eigenvalue weighted by molar-refractivity contribution is -0.134. The van der Waals surface area contributed by atoms with E-state index in [1.54, 1.807) is 4.68 Å². The van der Waals surface area contributed by atoms with Gasteiger partial charge in [-0.05, 0) is 19.3 Å². The fourth-order valence-corrected chi connectivity index (χ4v) is 3.78. The van der Waals surface area contributed by atoms with Crippen LogP contribution in [-0.4, -0.2) is 41.9 Å². The van der Waals surface area contributed by atoms with E-state index >= 15 is 0 Å². The third-order valence-electron chi connectivity index (χ3n) is 5.24. The lowest BCUT2D eigenvalue weighted by Crippen LogP contribution is -2.39. The van der Waals surface area contributed by atoms with Gasteiger partial charge in [0.15, 0.2) is 5.82 Å². The van der Waals surface area contributed by atoms with E-state index in [1.807, 2.05) is 66.3 Å². The van der Waals surface area contributed by atoms with Crippen LogP contribution in [0.15, 0.2) is 42.7 Å². The van der Waals surface area contributed by atoms with Gasteiger partial charge in [0, 0.05) is 38.0 Å². The largest absolute Gasteiger partial charge is 0.335 e. The van der Waals surface area contributed by atoms with Gasteiger partial charge in [-0.3, -0.25) is 9.48 Å². The third-order valence-corrected chi connectivity index (χ3v) is 5.24. The zero-order valence-electron chi connectivity index (χ0n) is 15.7. The lowest BCUT2D eigenvalue weighted by Gasteiger charge is -2.35. The predicted octanol–water partition coefficient (Wildman–Crippen LogP) is 2.51. The fraction of sp³-hybridized carbons (Fsp3) is 0.400. The summed E-state index contributed by atoms with van der Waals surface area (Å²) in [7, 11) is 3.82. The van der Waals surface area contributed by atoms with Crippen LogP contribution >= 0.6 is 0 Å². The Balaban J connectivity index is 1.54. The molecule has 1 unspecified atom stereocenters. The maximum Gasteiger partial charge on any atom is 0.230 e. The van der Waals surface area contributed by atoms with Crippen molar-refractivity contribution in [2.24, 2.45) is 14.1 Å². The number of aromatic nitrogens is 5. The molecule has 1 aliphatic heterocycles. The molecule has 1 aromatic carbocycles. The fourth-order valence-electron chi connectivity index (χ4n) is 3.78. The van der Waals surface area contributed by atoms with Crippen molar-refractivity contribution in [3.8, 4) is 11.4 Å². The van der Waals surface area contributed by atoms with E-state index in [-0.39, 0.29) is 18.4 Å². The van der Waals surface area contributed by atoms with Crippen molar-refractivity contribution in [1.29, 1.82) is 0 Å². The van der Waals surface area contributed by atoms with E-state index in [2.05, 4.69) is 15.3 Å². The second kappa shape index (κ2) is 7.34. The summed E-state index contributed by atoms with van der Waals surface area (Å²) in [6.45, 7) is 0.780. The molecule has 1 atom stereocenters. The van der Waals surface area contributed by atoms with Gasteiger partial charge < -0.3 is 9.47 Å². The van der Waals surface area contributed by atoms with E-state index in [0.717, 1.165) is 42.8 Å². The number of aryl methyl sites for hydroxylation is 1. The second-order valence-corrected chi connectivity index (χ2v) is 7.09. The van der Waals surface area contributed by atoms with Gasteiger partial charge in [0.25, 0.3) is 0 Å². The molecule has 1 aliphatic rings. The minimum atomic E-state index is 0.0960. The summed E-state index contributed by atoms with van der Waals surface area (Å²) in [5, 5.41) is 12.8. The Labute approximate surface area is 158 Å². The maximum absolute atomic E-state index is 13.1. The van der Waals surface area contributed by atoms with E-state index in [1.165, 1.54) is 0 Å². The average Bonchev–Trinajstić information content (AvgIpc) is 3.29. The number of hydrogen-bond donors (Lipinski definition) is 0. The van der Waals surface area contributed by atoms with Gasteiger partial charge in [0.1, 0.15) is 5.82 Å². The molecule has 1 saturated heterocycles. The van der Waals surface area contributed by atoms with Crippen LogP contribution in [0.5, 0.6) is 0 Å². The monoisotopic (exact) mass is 364 g/mol. The number of rotatable bonds is 4.